The molecule has 2 saturated heterocycles. The molecule has 150 valence electrons. The molecule has 2 aliphatic heterocycles. The zero-order valence-corrected chi connectivity index (χ0v) is 15.8. The minimum Gasteiger partial charge on any atom is -0.491 e. The first-order valence-electron chi connectivity index (χ1n) is 9.57. The van der Waals surface area contributed by atoms with Gasteiger partial charge in [-0.3, -0.25) is 9.80 Å². The van der Waals surface area contributed by atoms with Crippen LogP contribution in [-0.4, -0.2) is 97.6 Å². The van der Waals surface area contributed by atoms with Crippen LogP contribution in [0.3, 0.4) is 0 Å². The molecule has 3 rings (SSSR count). The smallest absolute Gasteiger partial charge is 0.314 e. The zero-order valence-electron chi connectivity index (χ0n) is 15.8. The number of benzene rings is 1. The number of urea groups is 1. The van der Waals surface area contributed by atoms with E-state index in [0.29, 0.717) is 19.6 Å². The molecule has 1 aromatic rings. The van der Waals surface area contributed by atoms with Crippen molar-refractivity contribution in [1.82, 2.24) is 14.7 Å². The van der Waals surface area contributed by atoms with Gasteiger partial charge in [0.25, 0.3) is 0 Å². The summed E-state index contributed by atoms with van der Waals surface area (Å²) >= 11 is 0. The largest absolute Gasteiger partial charge is 0.491 e. The van der Waals surface area contributed by atoms with E-state index in [1.807, 2.05) is 18.2 Å². The number of hydrogen-bond acceptors (Lipinski definition) is 6. The van der Waals surface area contributed by atoms with Gasteiger partial charge in [-0.15, -0.1) is 0 Å². The van der Waals surface area contributed by atoms with Crippen LogP contribution in [0.2, 0.25) is 0 Å². The van der Waals surface area contributed by atoms with Gasteiger partial charge >= 0.3 is 6.03 Å². The van der Waals surface area contributed by atoms with E-state index in [2.05, 4.69) is 15.9 Å². The molecule has 27 heavy (non-hydrogen) atoms. The minimum atomic E-state index is -0.520. The van der Waals surface area contributed by atoms with Gasteiger partial charge < -0.3 is 25.2 Å². The Kier molecular flexibility index (Phi) is 7.28. The average molecular weight is 378 g/mol. The first-order valence-corrected chi connectivity index (χ1v) is 9.57. The van der Waals surface area contributed by atoms with Crippen LogP contribution in [0.15, 0.2) is 24.3 Å². The van der Waals surface area contributed by atoms with Gasteiger partial charge in [-0.05, 0) is 17.7 Å². The Bertz CT molecular complexity index is 601. The van der Waals surface area contributed by atoms with Gasteiger partial charge in [-0.1, -0.05) is 12.1 Å². The summed E-state index contributed by atoms with van der Waals surface area (Å²) in [7, 11) is 0. The molecular formula is C19H30N4O4. The number of β-amino-alcohol motifs (C(OH)–C–C–N with tert-alkyl or cyclic N) is 1. The third-order valence-corrected chi connectivity index (χ3v) is 5.00. The third kappa shape index (κ3) is 6.35. The fraction of sp³-hybridized carbons (Fsp3) is 0.632. The molecule has 8 nitrogen and oxygen atoms in total. The van der Waals surface area contributed by atoms with Gasteiger partial charge in [0.2, 0.25) is 0 Å². The van der Waals surface area contributed by atoms with Crippen LogP contribution in [0.4, 0.5) is 4.79 Å². The Morgan fingerprint density at radius 1 is 1.15 bits per heavy atom. The van der Waals surface area contributed by atoms with Crippen LogP contribution in [0.25, 0.3) is 0 Å². The monoisotopic (exact) mass is 378 g/mol. The summed E-state index contributed by atoms with van der Waals surface area (Å²) in [4.78, 5) is 17.4. The highest BCUT2D eigenvalue weighted by Gasteiger charge is 2.19. The van der Waals surface area contributed by atoms with E-state index < -0.39 is 6.10 Å². The van der Waals surface area contributed by atoms with Crippen molar-refractivity contribution < 1.29 is 19.4 Å². The van der Waals surface area contributed by atoms with Gasteiger partial charge in [-0.2, -0.15) is 0 Å². The SMILES string of the molecule is NC(=O)N1CCN(Cc2cccc(OCC(O)CN3CCOCC3)c2)CC1. The molecule has 3 N–H and O–H groups in total. The molecule has 0 spiro atoms. The van der Waals surface area contributed by atoms with Crippen LogP contribution in [-0.2, 0) is 11.3 Å². The highest BCUT2D eigenvalue weighted by atomic mass is 16.5. The summed E-state index contributed by atoms with van der Waals surface area (Å²) in [5.74, 6) is 0.768. The Morgan fingerprint density at radius 2 is 1.89 bits per heavy atom. The molecule has 1 atom stereocenters. The van der Waals surface area contributed by atoms with E-state index in [4.69, 9.17) is 15.2 Å². The molecule has 0 saturated carbocycles. The lowest BCUT2D eigenvalue weighted by molar-refractivity contribution is 0.00464. The summed E-state index contributed by atoms with van der Waals surface area (Å²) < 4.78 is 11.1. The number of piperazine rings is 1. The van der Waals surface area contributed by atoms with Gasteiger partial charge in [-0.25, -0.2) is 4.79 Å². The van der Waals surface area contributed by atoms with Crippen molar-refractivity contribution in [2.45, 2.75) is 12.6 Å². The van der Waals surface area contributed by atoms with Crippen LogP contribution >= 0.6 is 0 Å². The Balaban J connectivity index is 1.42. The second-order valence-electron chi connectivity index (χ2n) is 7.13. The van der Waals surface area contributed by atoms with Crippen molar-refractivity contribution in [2.75, 3.05) is 65.6 Å². The second-order valence-corrected chi connectivity index (χ2v) is 7.13. The number of primary amides is 1. The number of carbonyl (C=O) groups excluding carboxylic acids is 1. The van der Waals surface area contributed by atoms with Crippen LogP contribution in [0.1, 0.15) is 5.56 Å². The predicted octanol–water partition coefficient (Wildman–Crippen LogP) is -0.0452. The first-order chi connectivity index (χ1) is 13.1. The fourth-order valence-corrected chi connectivity index (χ4v) is 3.45. The van der Waals surface area contributed by atoms with E-state index in [-0.39, 0.29) is 12.6 Å². The van der Waals surface area contributed by atoms with Crippen molar-refractivity contribution in [3.8, 4) is 5.75 Å². The number of aliphatic hydroxyl groups excluding tert-OH is 1. The minimum absolute atomic E-state index is 0.276. The van der Waals surface area contributed by atoms with Gasteiger partial charge in [0.1, 0.15) is 18.5 Å². The summed E-state index contributed by atoms with van der Waals surface area (Å²) in [6, 6.07) is 7.62. The second kappa shape index (κ2) is 9.89. The number of aliphatic hydroxyl groups is 1. The number of ether oxygens (including phenoxy) is 2. The highest BCUT2D eigenvalue weighted by molar-refractivity contribution is 5.72. The topological polar surface area (TPSA) is 91.5 Å². The zero-order chi connectivity index (χ0) is 19.1. The van der Waals surface area contributed by atoms with Gasteiger partial charge in [0, 0.05) is 52.4 Å². The molecule has 2 fully saturated rings. The van der Waals surface area contributed by atoms with E-state index >= 15 is 0 Å². The molecule has 2 aliphatic rings. The Hall–Kier alpha value is -1.87. The lowest BCUT2D eigenvalue weighted by atomic mass is 10.2. The van der Waals surface area contributed by atoms with Gasteiger partial charge in [0.05, 0.1) is 13.2 Å². The predicted molar refractivity (Wildman–Crippen MR) is 102 cm³/mol. The Labute approximate surface area is 160 Å². The highest BCUT2D eigenvalue weighted by Crippen LogP contribution is 2.16. The molecule has 1 unspecified atom stereocenters. The molecule has 0 aromatic heterocycles. The quantitative estimate of drug-likeness (QED) is 0.692. The maximum absolute atomic E-state index is 11.2. The number of nitrogens with zero attached hydrogens (tertiary/aromatic N) is 3. The van der Waals surface area contributed by atoms with Crippen molar-refractivity contribution in [2.24, 2.45) is 5.73 Å². The van der Waals surface area contributed by atoms with Crippen LogP contribution in [0, 0.1) is 0 Å². The van der Waals surface area contributed by atoms with E-state index in [1.54, 1.807) is 4.90 Å². The molecule has 2 amide bonds. The number of amides is 2. The van der Waals surface area contributed by atoms with Crippen molar-refractivity contribution in [3.63, 3.8) is 0 Å². The number of nitrogens with two attached hydrogens (primary N) is 1. The standard InChI is InChI=1S/C19H30N4O4/c20-19(25)23-6-4-21(5-7-23)13-16-2-1-3-18(12-16)27-15-17(24)14-22-8-10-26-11-9-22/h1-3,12,17,24H,4-11,13-15H2,(H2,20,25). The van der Waals surface area contributed by atoms with E-state index in [1.165, 1.54) is 0 Å². The number of rotatable bonds is 7. The summed E-state index contributed by atoms with van der Waals surface area (Å²) in [5, 5.41) is 10.2. The van der Waals surface area contributed by atoms with Crippen LogP contribution in [0.5, 0.6) is 5.75 Å². The normalized spacial score (nSPS) is 20.4. The van der Waals surface area contributed by atoms with Crippen LogP contribution < -0.4 is 10.5 Å². The molecule has 1 aromatic carbocycles. The molecule has 0 bridgehead atoms. The maximum Gasteiger partial charge on any atom is 0.314 e. The molecule has 0 radical (unpaired) electrons. The van der Waals surface area contributed by atoms with Crippen molar-refractivity contribution in [3.05, 3.63) is 29.8 Å². The average Bonchev–Trinajstić information content (AvgIpc) is 2.68. The number of morpholine rings is 1. The molecule has 0 aliphatic carbocycles. The first kappa shape index (κ1) is 19.9. The molecular weight excluding hydrogens is 348 g/mol. The lowest BCUT2D eigenvalue weighted by Gasteiger charge is -2.33. The summed E-state index contributed by atoms with van der Waals surface area (Å²) in [6.07, 6.45) is -0.520. The van der Waals surface area contributed by atoms with Gasteiger partial charge in [0.15, 0.2) is 0 Å². The number of carbonyl (C=O) groups is 1. The van der Waals surface area contributed by atoms with Crippen molar-refractivity contribution >= 4 is 6.03 Å². The molecule has 8 heteroatoms. The lowest BCUT2D eigenvalue weighted by Crippen LogP contribution is -2.50. The maximum atomic E-state index is 11.2. The van der Waals surface area contributed by atoms with E-state index in [0.717, 1.165) is 57.3 Å². The summed E-state index contributed by atoms with van der Waals surface area (Å²) in [6.45, 7) is 7.81. The molecule has 2 heterocycles. The van der Waals surface area contributed by atoms with E-state index in [9.17, 15) is 9.90 Å². The third-order valence-electron chi connectivity index (χ3n) is 5.00. The Morgan fingerprint density at radius 3 is 2.59 bits per heavy atom. The van der Waals surface area contributed by atoms with Crippen molar-refractivity contribution in [1.29, 1.82) is 0 Å². The fourth-order valence-electron chi connectivity index (χ4n) is 3.45. The number of hydrogen-bond donors (Lipinski definition) is 2. The summed E-state index contributed by atoms with van der Waals surface area (Å²) in [5.41, 5.74) is 6.48.